The second kappa shape index (κ2) is 6.44. The van der Waals surface area contributed by atoms with Crippen molar-refractivity contribution in [1.82, 2.24) is 5.32 Å². The van der Waals surface area contributed by atoms with Gasteiger partial charge < -0.3 is 10.1 Å². The number of hydrogen-bond acceptors (Lipinski definition) is 2. The maximum Gasteiger partial charge on any atom is 0.255 e. The first-order valence-electron chi connectivity index (χ1n) is 6.28. The Hall–Kier alpha value is -2.00. The van der Waals surface area contributed by atoms with Gasteiger partial charge in [0.25, 0.3) is 5.91 Å². The first-order valence-corrected chi connectivity index (χ1v) is 6.66. The summed E-state index contributed by atoms with van der Waals surface area (Å²) in [4.78, 5) is 12.2. The highest BCUT2D eigenvalue weighted by atomic mass is 35.5. The Balaban J connectivity index is 2.13. The number of carbonyl (C=O) groups is 1. The molecule has 2 aromatic rings. The lowest BCUT2D eigenvalue weighted by Gasteiger charge is -2.11. The smallest absolute Gasteiger partial charge is 0.255 e. The summed E-state index contributed by atoms with van der Waals surface area (Å²) < 4.78 is 5.18. The fourth-order valence-corrected chi connectivity index (χ4v) is 2.11. The van der Waals surface area contributed by atoms with Crippen molar-refractivity contribution >= 4 is 17.5 Å². The molecule has 2 rings (SSSR count). The van der Waals surface area contributed by atoms with Crippen molar-refractivity contribution in [3.8, 4) is 5.75 Å². The fraction of sp³-hybridized carbons (Fsp3) is 0.188. The molecule has 0 aliphatic carbocycles. The maximum atomic E-state index is 12.2. The van der Waals surface area contributed by atoms with E-state index in [9.17, 15) is 4.79 Å². The number of ether oxygens (including phenoxy) is 1. The number of benzene rings is 2. The van der Waals surface area contributed by atoms with Crippen LogP contribution in [0.1, 0.15) is 21.5 Å². The SMILES string of the molecule is COc1ccc(Cl)cc1C(=O)NCc1ccccc1C. The molecule has 0 unspecified atom stereocenters. The highest BCUT2D eigenvalue weighted by molar-refractivity contribution is 6.31. The van der Waals surface area contributed by atoms with Gasteiger partial charge >= 0.3 is 0 Å². The summed E-state index contributed by atoms with van der Waals surface area (Å²) in [6.07, 6.45) is 0. The summed E-state index contributed by atoms with van der Waals surface area (Å²) in [5.74, 6) is 0.310. The summed E-state index contributed by atoms with van der Waals surface area (Å²) in [5.41, 5.74) is 2.67. The van der Waals surface area contributed by atoms with Gasteiger partial charge in [-0.05, 0) is 36.2 Å². The summed E-state index contributed by atoms with van der Waals surface area (Å²) >= 11 is 5.92. The molecule has 0 spiro atoms. The minimum absolute atomic E-state index is 0.201. The molecule has 0 aromatic heterocycles. The molecule has 0 bridgehead atoms. The molecule has 0 saturated carbocycles. The van der Waals surface area contributed by atoms with Crippen LogP contribution in [-0.2, 0) is 6.54 Å². The third-order valence-electron chi connectivity index (χ3n) is 3.11. The van der Waals surface area contributed by atoms with Crippen LogP contribution in [0.15, 0.2) is 42.5 Å². The molecule has 1 amide bonds. The topological polar surface area (TPSA) is 38.3 Å². The van der Waals surface area contributed by atoms with Gasteiger partial charge in [-0.15, -0.1) is 0 Å². The van der Waals surface area contributed by atoms with Crippen molar-refractivity contribution in [3.63, 3.8) is 0 Å². The lowest BCUT2D eigenvalue weighted by molar-refractivity contribution is 0.0948. The zero-order chi connectivity index (χ0) is 14.5. The molecule has 2 aromatic carbocycles. The molecule has 0 atom stereocenters. The van der Waals surface area contributed by atoms with Crippen molar-refractivity contribution in [2.24, 2.45) is 0 Å². The molecular formula is C16H16ClNO2. The van der Waals surface area contributed by atoms with Crippen molar-refractivity contribution in [3.05, 3.63) is 64.2 Å². The largest absolute Gasteiger partial charge is 0.496 e. The van der Waals surface area contributed by atoms with E-state index in [0.29, 0.717) is 22.9 Å². The summed E-state index contributed by atoms with van der Waals surface area (Å²) in [6.45, 7) is 2.49. The number of carbonyl (C=O) groups excluding carboxylic acids is 1. The van der Waals surface area contributed by atoms with Crippen molar-refractivity contribution in [2.45, 2.75) is 13.5 Å². The predicted molar refractivity (Wildman–Crippen MR) is 80.4 cm³/mol. The number of methoxy groups -OCH3 is 1. The predicted octanol–water partition coefficient (Wildman–Crippen LogP) is 3.59. The molecule has 0 radical (unpaired) electrons. The molecule has 0 saturated heterocycles. The van der Waals surface area contributed by atoms with Crippen LogP contribution in [0.4, 0.5) is 0 Å². The highest BCUT2D eigenvalue weighted by Gasteiger charge is 2.12. The Morgan fingerprint density at radius 1 is 1.25 bits per heavy atom. The van der Waals surface area contributed by atoms with Crippen LogP contribution in [0.2, 0.25) is 5.02 Å². The number of halogens is 1. The van der Waals surface area contributed by atoms with Gasteiger partial charge in [-0.1, -0.05) is 35.9 Å². The average Bonchev–Trinajstić information content (AvgIpc) is 2.46. The highest BCUT2D eigenvalue weighted by Crippen LogP contribution is 2.22. The Bertz CT molecular complexity index is 626. The van der Waals surface area contributed by atoms with Gasteiger partial charge in [-0.2, -0.15) is 0 Å². The summed E-state index contributed by atoms with van der Waals surface area (Å²) in [5, 5.41) is 3.39. The van der Waals surface area contributed by atoms with Crippen molar-refractivity contribution in [1.29, 1.82) is 0 Å². The maximum absolute atomic E-state index is 12.2. The monoisotopic (exact) mass is 289 g/mol. The zero-order valence-corrected chi connectivity index (χ0v) is 12.2. The number of hydrogen-bond donors (Lipinski definition) is 1. The van der Waals surface area contributed by atoms with Gasteiger partial charge in [0, 0.05) is 11.6 Å². The Morgan fingerprint density at radius 3 is 2.70 bits per heavy atom. The zero-order valence-electron chi connectivity index (χ0n) is 11.4. The van der Waals surface area contributed by atoms with Gasteiger partial charge in [0.2, 0.25) is 0 Å². The first kappa shape index (κ1) is 14.4. The van der Waals surface area contributed by atoms with Crippen LogP contribution in [0.5, 0.6) is 5.75 Å². The van der Waals surface area contributed by atoms with Crippen molar-refractivity contribution in [2.75, 3.05) is 7.11 Å². The van der Waals surface area contributed by atoms with Gasteiger partial charge in [0.1, 0.15) is 5.75 Å². The molecule has 0 fully saturated rings. The van der Waals surface area contributed by atoms with E-state index < -0.39 is 0 Å². The van der Waals surface area contributed by atoms with E-state index in [0.717, 1.165) is 11.1 Å². The molecule has 0 heterocycles. The third-order valence-corrected chi connectivity index (χ3v) is 3.34. The lowest BCUT2D eigenvalue weighted by Crippen LogP contribution is -2.23. The van der Waals surface area contributed by atoms with E-state index >= 15 is 0 Å². The Morgan fingerprint density at radius 2 is 2.00 bits per heavy atom. The van der Waals surface area contributed by atoms with E-state index in [1.165, 1.54) is 7.11 Å². The Labute approximate surface area is 123 Å². The van der Waals surface area contributed by atoms with Crippen LogP contribution in [0.3, 0.4) is 0 Å². The molecule has 1 N–H and O–H groups in total. The molecule has 104 valence electrons. The van der Waals surface area contributed by atoms with Gasteiger partial charge in [0.05, 0.1) is 12.7 Å². The Kier molecular flexibility index (Phi) is 4.64. The van der Waals surface area contributed by atoms with Crippen LogP contribution in [0.25, 0.3) is 0 Å². The van der Waals surface area contributed by atoms with Crippen molar-refractivity contribution < 1.29 is 9.53 Å². The van der Waals surface area contributed by atoms with E-state index in [1.807, 2.05) is 31.2 Å². The standard InChI is InChI=1S/C16H16ClNO2/c1-11-5-3-4-6-12(11)10-18-16(19)14-9-13(17)7-8-15(14)20-2/h3-9H,10H2,1-2H3,(H,18,19). The van der Waals surface area contributed by atoms with E-state index in [4.69, 9.17) is 16.3 Å². The quantitative estimate of drug-likeness (QED) is 0.934. The molecule has 0 aliphatic heterocycles. The lowest BCUT2D eigenvalue weighted by atomic mass is 10.1. The minimum atomic E-state index is -0.201. The van der Waals surface area contributed by atoms with E-state index in [-0.39, 0.29) is 5.91 Å². The molecule has 3 nitrogen and oxygen atoms in total. The summed E-state index contributed by atoms with van der Waals surface area (Å²) in [7, 11) is 1.53. The minimum Gasteiger partial charge on any atom is -0.496 e. The second-order valence-electron chi connectivity index (χ2n) is 4.45. The van der Waals surface area contributed by atoms with Crippen LogP contribution in [0, 0.1) is 6.92 Å². The average molecular weight is 290 g/mol. The normalized spacial score (nSPS) is 10.2. The summed E-state index contributed by atoms with van der Waals surface area (Å²) in [6, 6.07) is 12.9. The second-order valence-corrected chi connectivity index (χ2v) is 4.89. The van der Waals surface area contributed by atoms with Gasteiger partial charge in [-0.3, -0.25) is 4.79 Å². The number of rotatable bonds is 4. The van der Waals surface area contributed by atoms with Gasteiger partial charge in [-0.25, -0.2) is 0 Å². The van der Waals surface area contributed by atoms with Crippen LogP contribution >= 0.6 is 11.6 Å². The number of aryl methyl sites for hydroxylation is 1. The fourth-order valence-electron chi connectivity index (χ4n) is 1.94. The number of nitrogens with one attached hydrogen (secondary N) is 1. The first-order chi connectivity index (χ1) is 9.61. The number of amides is 1. The van der Waals surface area contributed by atoms with E-state index in [2.05, 4.69) is 5.32 Å². The van der Waals surface area contributed by atoms with Crippen LogP contribution in [-0.4, -0.2) is 13.0 Å². The molecule has 0 aliphatic rings. The third kappa shape index (κ3) is 3.31. The van der Waals surface area contributed by atoms with Crippen LogP contribution < -0.4 is 10.1 Å². The van der Waals surface area contributed by atoms with Gasteiger partial charge in [0.15, 0.2) is 0 Å². The van der Waals surface area contributed by atoms with E-state index in [1.54, 1.807) is 18.2 Å². The molecular weight excluding hydrogens is 274 g/mol. The molecule has 20 heavy (non-hydrogen) atoms. The molecule has 4 heteroatoms.